The van der Waals surface area contributed by atoms with Gasteiger partial charge in [-0.25, -0.2) is 4.98 Å². The van der Waals surface area contributed by atoms with Crippen LogP contribution in [0.3, 0.4) is 0 Å². The second-order valence-corrected chi connectivity index (χ2v) is 6.85. The van der Waals surface area contributed by atoms with Crippen molar-refractivity contribution in [3.8, 4) is 0 Å². The van der Waals surface area contributed by atoms with E-state index in [2.05, 4.69) is 72.6 Å². The fourth-order valence-corrected chi connectivity index (χ4v) is 3.64. The molecule has 2 heteroatoms. The van der Waals surface area contributed by atoms with Gasteiger partial charge in [-0.1, -0.05) is 61.0 Å². The normalized spacial score (nSPS) is 11.4. The molecule has 0 saturated carbocycles. The maximum Gasteiger partial charge on any atom is 0.107 e. The number of aromatic amines is 1. The lowest BCUT2D eigenvalue weighted by Gasteiger charge is -2.06. The van der Waals surface area contributed by atoms with E-state index >= 15 is 0 Å². The van der Waals surface area contributed by atoms with Crippen LogP contribution < -0.4 is 0 Å². The third-order valence-electron chi connectivity index (χ3n) is 5.00. The molecule has 0 saturated heterocycles. The number of rotatable bonds is 6. The van der Waals surface area contributed by atoms with E-state index in [0.29, 0.717) is 0 Å². The lowest BCUT2D eigenvalue weighted by atomic mass is 9.99. The van der Waals surface area contributed by atoms with Crippen LogP contribution in [0.2, 0.25) is 0 Å². The molecule has 25 heavy (non-hydrogen) atoms. The van der Waals surface area contributed by atoms with Gasteiger partial charge < -0.3 is 4.98 Å². The number of imidazole rings is 1. The Morgan fingerprint density at radius 1 is 0.800 bits per heavy atom. The number of benzene rings is 3. The van der Waals surface area contributed by atoms with E-state index in [1.54, 1.807) is 0 Å². The number of nitrogens with zero attached hydrogens (tertiary/aromatic N) is 1. The Morgan fingerprint density at radius 2 is 1.60 bits per heavy atom. The molecule has 1 N–H and O–H groups in total. The van der Waals surface area contributed by atoms with E-state index in [1.807, 2.05) is 0 Å². The molecule has 0 unspecified atom stereocenters. The van der Waals surface area contributed by atoms with E-state index in [9.17, 15) is 0 Å². The van der Waals surface area contributed by atoms with Gasteiger partial charge in [0.15, 0.2) is 0 Å². The summed E-state index contributed by atoms with van der Waals surface area (Å²) >= 11 is 0. The molecular weight excluding hydrogens is 304 g/mol. The van der Waals surface area contributed by atoms with Gasteiger partial charge in [-0.15, -0.1) is 0 Å². The van der Waals surface area contributed by atoms with Gasteiger partial charge in [0.1, 0.15) is 5.82 Å². The van der Waals surface area contributed by atoms with Gasteiger partial charge in [0.2, 0.25) is 0 Å². The van der Waals surface area contributed by atoms with Crippen LogP contribution >= 0.6 is 0 Å². The third-order valence-corrected chi connectivity index (χ3v) is 5.00. The zero-order chi connectivity index (χ0) is 17.1. The number of aromatic nitrogens is 2. The molecule has 0 fully saturated rings. The first-order valence-electron chi connectivity index (χ1n) is 9.22. The summed E-state index contributed by atoms with van der Waals surface area (Å²) in [5, 5.41) is 2.75. The number of hydrogen-bond acceptors (Lipinski definition) is 1. The molecule has 1 heterocycles. The molecule has 0 aliphatic heterocycles. The summed E-state index contributed by atoms with van der Waals surface area (Å²) in [5.41, 5.74) is 4.99. The summed E-state index contributed by atoms with van der Waals surface area (Å²) in [4.78, 5) is 8.21. The molecule has 0 radical (unpaired) electrons. The van der Waals surface area contributed by atoms with Crippen LogP contribution in [0.4, 0.5) is 0 Å². The van der Waals surface area contributed by atoms with Crippen LogP contribution in [-0.2, 0) is 12.8 Å². The monoisotopic (exact) mass is 328 g/mol. The summed E-state index contributed by atoms with van der Waals surface area (Å²) < 4.78 is 0. The Morgan fingerprint density at radius 3 is 2.52 bits per heavy atom. The fraction of sp³-hybridized carbons (Fsp3) is 0.261. The molecule has 0 aliphatic carbocycles. The summed E-state index contributed by atoms with van der Waals surface area (Å²) in [5.74, 6) is 1.12. The van der Waals surface area contributed by atoms with Crippen molar-refractivity contribution in [3.63, 3.8) is 0 Å². The van der Waals surface area contributed by atoms with Gasteiger partial charge in [-0.05, 0) is 54.2 Å². The third kappa shape index (κ3) is 3.43. The molecular formula is C23H24N2. The zero-order valence-corrected chi connectivity index (χ0v) is 14.8. The quantitative estimate of drug-likeness (QED) is 0.433. The standard InChI is InChI=1S/C23H24N2/c1-17-9-7-15-21-23(17)25-22(24-21)16-4-2-3-10-18-12-8-13-19-11-5-6-14-20(18)19/h5-9,11-15H,2-4,10,16H2,1H3,(H,24,25). The van der Waals surface area contributed by atoms with Crippen molar-refractivity contribution >= 4 is 21.8 Å². The number of H-pyrrole nitrogens is 1. The van der Waals surface area contributed by atoms with Crippen molar-refractivity contribution in [2.75, 3.05) is 0 Å². The van der Waals surface area contributed by atoms with Crippen molar-refractivity contribution in [2.45, 2.75) is 39.0 Å². The van der Waals surface area contributed by atoms with E-state index < -0.39 is 0 Å². The van der Waals surface area contributed by atoms with E-state index in [1.165, 1.54) is 41.2 Å². The summed E-state index contributed by atoms with van der Waals surface area (Å²) in [6.07, 6.45) is 5.83. The van der Waals surface area contributed by atoms with Crippen LogP contribution in [0, 0.1) is 6.92 Å². The molecule has 3 aromatic carbocycles. The van der Waals surface area contributed by atoms with Crippen molar-refractivity contribution in [2.24, 2.45) is 0 Å². The minimum atomic E-state index is 1.03. The zero-order valence-electron chi connectivity index (χ0n) is 14.8. The number of para-hydroxylation sites is 1. The van der Waals surface area contributed by atoms with Gasteiger partial charge >= 0.3 is 0 Å². The number of unbranched alkanes of at least 4 members (excludes halogenated alkanes) is 2. The van der Waals surface area contributed by atoms with Crippen LogP contribution in [0.1, 0.15) is 36.2 Å². The van der Waals surface area contributed by atoms with Gasteiger partial charge in [0.05, 0.1) is 11.0 Å². The Balaban J connectivity index is 1.32. The highest BCUT2D eigenvalue weighted by Gasteiger charge is 2.05. The Kier molecular flexibility index (Phi) is 4.51. The minimum Gasteiger partial charge on any atom is -0.342 e. The van der Waals surface area contributed by atoms with Crippen LogP contribution in [-0.4, -0.2) is 9.97 Å². The summed E-state index contributed by atoms with van der Waals surface area (Å²) in [7, 11) is 0. The maximum atomic E-state index is 4.75. The molecule has 0 bridgehead atoms. The molecule has 4 rings (SSSR count). The smallest absolute Gasteiger partial charge is 0.107 e. The van der Waals surface area contributed by atoms with E-state index in [0.717, 1.165) is 29.7 Å². The number of aryl methyl sites for hydroxylation is 3. The molecule has 4 aromatic rings. The average Bonchev–Trinajstić information content (AvgIpc) is 3.06. The Hall–Kier alpha value is -2.61. The van der Waals surface area contributed by atoms with E-state index in [-0.39, 0.29) is 0 Å². The SMILES string of the molecule is Cc1cccc2[nH]c(CCCCCc3cccc4ccccc34)nc12. The number of fused-ring (bicyclic) bond motifs is 2. The molecule has 1 aromatic heterocycles. The average molecular weight is 328 g/mol. The Labute approximate surface area is 148 Å². The highest BCUT2D eigenvalue weighted by atomic mass is 14.9. The molecule has 0 atom stereocenters. The first-order chi connectivity index (χ1) is 12.3. The highest BCUT2D eigenvalue weighted by Crippen LogP contribution is 2.21. The first-order valence-corrected chi connectivity index (χ1v) is 9.22. The van der Waals surface area contributed by atoms with E-state index in [4.69, 9.17) is 4.98 Å². The minimum absolute atomic E-state index is 1.03. The predicted octanol–water partition coefficient (Wildman–Crippen LogP) is 5.98. The van der Waals surface area contributed by atoms with Crippen molar-refractivity contribution in [1.29, 1.82) is 0 Å². The molecule has 0 amide bonds. The van der Waals surface area contributed by atoms with Crippen molar-refractivity contribution < 1.29 is 0 Å². The molecule has 126 valence electrons. The molecule has 0 aliphatic rings. The second-order valence-electron chi connectivity index (χ2n) is 6.85. The number of nitrogens with one attached hydrogen (secondary N) is 1. The van der Waals surface area contributed by atoms with Crippen LogP contribution in [0.5, 0.6) is 0 Å². The lowest BCUT2D eigenvalue weighted by molar-refractivity contribution is 0.668. The second kappa shape index (κ2) is 7.10. The van der Waals surface area contributed by atoms with Gasteiger partial charge in [-0.3, -0.25) is 0 Å². The van der Waals surface area contributed by atoms with Crippen LogP contribution in [0.15, 0.2) is 60.7 Å². The predicted molar refractivity (Wildman–Crippen MR) is 106 cm³/mol. The summed E-state index contributed by atoms with van der Waals surface area (Å²) in [6, 6.07) is 21.6. The largest absolute Gasteiger partial charge is 0.342 e. The lowest BCUT2D eigenvalue weighted by Crippen LogP contribution is -1.91. The van der Waals surface area contributed by atoms with Gasteiger partial charge in [0.25, 0.3) is 0 Å². The summed E-state index contributed by atoms with van der Waals surface area (Å²) in [6.45, 7) is 2.12. The topological polar surface area (TPSA) is 28.7 Å². The first kappa shape index (κ1) is 15.9. The van der Waals surface area contributed by atoms with Crippen LogP contribution in [0.25, 0.3) is 21.8 Å². The van der Waals surface area contributed by atoms with Crippen molar-refractivity contribution in [1.82, 2.24) is 9.97 Å². The Bertz CT molecular complexity index is 992. The maximum absolute atomic E-state index is 4.75. The highest BCUT2D eigenvalue weighted by molar-refractivity contribution is 5.85. The van der Waals surface area contributed by atoms with Gasteiger partial charge in [-0.2, -0.15) is 0 Å². The van der Waals surface area contributed by atoms with Crippen molar-refractivity contribution in [3.05, 3.63) is 77.6 Å². The fourth-order valence-electron chi connectivity index (χ4n) is 3.64. The van der Waals surface area contributed by atoms with Gasteiger partial charge in [0, 0.05) is 6.42 Å². The molecule has 0 spiro atoms. The molecule has 2 nitrogen and oxygen atoms in total. The number of hydrogen-bond donors (Lipinski definition) is 1.